The van der Waals surface area contributed by atoms with Crippen LogP contribution in [0.5, 0.6) is 0 Å². The van der Waals surface area contributed by atoms with E-state index in [1.165, 1.54) is 30.5 Å². The number of piperidine rings is 1. The number of likely N-dealkylation sites (tertiary alicyclic amines) is 1. The lowest BCUT2D eigenvalue weighted by molar-refractivity contribution is 0.199. The molecule has 1 saturated carbocycles. The maximum Gasteiger partial charge on any atom is 0.123 e. The largest absolute Gasteiger partial charge is 0.299 e. The normalized spacial score (nSPS) is 28.1. The van der Waals surface area contributed by atoms with Gasteiger partial charge in [-0.3, -0.25) is 4.90 Å². The molecule has 2 heteroatoms. The van der Waals surface area contributed by atoms with Crippen LogP contribution in [0.3, 0.4) is 0 Å². The van der Waals surface area contributed by atoms with Gasteiger partial charge in [-0.05, 0) is 48.6 Å². The molecule has 2 fully saturated rings. The number of benzene rings is 2. The van der Waals surface area contributed by atoms with E-state index in [2.05, 4.69) is 35.2 Å². The highest BCUT2D eigenvalue weighted by atomic mass is 19.1. The maximum atomic E-state index is 13.1. The fraction of sp³-hybridized carbons (Fsp3) is 0.368. The van der Waals surface area contributed by atoms with E-state index in [-0.39, 0.29) is 5.82 Å². The Labute approximate surface area is 125 Å². The topological polar surface area (TPSA) is 3.24 Å². The second-order valence-electron chi connectivity index (χ2n) is 6.53. The quantitative estimate of drug-likeness (QED) is 0.822. The maximum absolute atomic E-state index is 13.1. The Balaban J connectivity index is 1.44. The molecule has 2 unspecified atom stereocenters. The second-order valence-corrected chi connectivity index (χ2v) is 6.53. The summed E-state index contributed by atoms with van der Waals surface area (Å²) in [6, 6.07) is 17.9. The van der Waals surface area contributed by atoms with Crippen molar-refractivity contribution in [3.05, 3.63) is 71.5 Å². The first-order valence-electron chi connectivity index (χ1n) is 7.79. The molecule has 4 rings (SSSR count). The van der Waals surface area contributed by atoms with E-state index in [1.807, 2.05) is 12.1 Å². The number of hydrogen-bond donors (Lipinski definition) is 0. The summed E-state index contributed by atoms with van der Waals surface area (Å²) in [5.41, 5.74) is 3.08. The minimum Gasteiger partial charge on any atom is -0.299 e. The summed E-state index contributed by atoms with van der Waals surface area (Å²) >= 11 is 0. The summed E-state index contributed by atoms with van der Waals surface area (Å²) in [4.78, 5) is 2.56. The molecule has 2 atom stereocenters. The molecule has 1 aliphatic heterocycles. The van der Waals surface area contributed by atoms with Gasteiger partial charge in [0.1, 0.15) is 5.82 Å². The molecule has 2 aromatic rings. The standard InChI is InChI=1S/C19H20FN/c20-18-8-6-16(7-9-18)19-10-11-21(14-17(19)12-19)13-15-4-2-1-3-5-15/h1-9,17H,10-14H2. The molecule has 1 nitrogen and oxygen atoms in total. The van der Waals surface area contributed by atoms with Crippen molar-refractivity contribution in [3.63, 3.8) is 0 Å². The molecular formula is C19H20FN. The average Bonchev–Trinajstić information content (AvgIpc) is 3.24. The Morgan fingerprint density at radius 1 is 1.05 bits per heavy atom. The van der Waals surface area contributed by atoms with Gasteiger partial charge in [-0.15, -0.1) is 0 Å². The lowest BCUT2D eigenvalue weighted by Gasteiger charge is -2.32. The van der Waals surface area contributed by atoms with Crippen LogP contribution >= 0.6 is 0 Å². The monoisotopic (exact) mass is 281 g/mol. The molecule has 21 heavy (non-hydrogen) atoms. The van der Waals surface area contributed by atoms with Crippen LogP contribution in [0.4, 0.5) is 4.39 Å². The number of fused-ring (bicyclic) bond motifs is 1. The molecule has 108 valence electrons. The summed E-state index contributed by atoms with van der Waals surface area (Å²) in [6.45, 7) is 3.37. The molecular weight excluding hydrogens is 261 g/mol. The predicted molar refractivity (Wildman–Crippen MR) is 82.5 cm³/mol. The molecule has 2 aromatic carbocycles. The van der Waals surface area contributed by atoms with Crippen LogP contribution in [0.1, 0.15) is 24.0 Å². The van der Waals surface area contributed by atoms with Crippen molar-refractivity contribution in [2.24, 2.45) is 5.92 Å². The van der Waals surface area contributed by atoms with E-state index in [4.69, 9.17) is 0 Å². The van der Waals surface area contributed by atoms with Gasteiger partial charge in [-0.2, -0.15) is 0 Å². The lowest BCUT2D eigenvalue weighted by atomic mass is 9.87. The third-order valence-corrected chi connectivity index (χ3v) is 5.25. The zero-order valence-electron chi connectivity index (χ0n) is 12.1. The van der Waals surface area contributed by atoms with Gasteiger partial charge in [0.2, 0.25) is 0 Å². The first-order valence-corrected chi connectivity index (χ1v) is 7.79. The highest BCUT2D eigenvalue weighted by Crippen LogP contribution is 2.59. The summed E-state index contributed by atoms with van der Waals surface area (Å²) in [7, 11) is 0. The number of hydrogen-bond acceptors (Lipinski definition) is 1. The molecule has 0 N–H and O–H groups in total. The van der Waals surface area contributed by atoms with Crippen molar-refractivity contribution < 1.29 is 4.39 Å². The molecule has 0 aromatic heterocycles. The predicted octanol–water partition coefficient (Wildman–Crippen LogP) is 3.99. The molecule has 0 bridgehead atoms. The van der Waals surface area contributed by atoms with Crippen LogP contribution in [0.15, 0.2) is 54.6 Å². The number of halogens is 1. The fourth-order valence-corrected chi connectivity index (χ4v) is 3.95. The van der Waals surface area contributed by atoms with E-state index in [1.54, 1.807) is 12.1 Å². The zero-order valence-corrected chi connectivity index (χ0v) is 12.1. The minimum atomic E-state index is -0.131. The molecule has 0 amide bonds. The van der Waals surface area contributed by atoms with E-state index >= 15 is 0 Å². The summed E-state index contributed by atoms with van der Waals surface area (Å²) in [5.74, 6) is 0.620. The zero-order chi connectivity index (χ0) is 14.3. The Morgan fingerprint density at radius 2 is 1.81 bits per heavy atom. The van der Waals surface area contributed by atoms with Gasteiger partial charge in [-0.1, -0.05) is 42.5 Å². The summed E-state index contributed by atoms with van der Waals surface area (Å²) in [6.07, 6.45) is 2.47. The Bertz CT molecular complexity index is 622. The van der Waals surface area contributed by atoms with Crippen molar-refractivity contribution in [1.82, 2.24) is 4.90 Å². The molecule has 0 spiro atoms. The van der Waals surface area contributed by atoms with Crippen LogP contribution < -0.4 is 0 Å². The van der Waals surface area contributed by atoms with Crippen LogP contribution in [0.2, 0.25) is 0 Å². The first-order chi connectivity index (χ1) is 10.3. The lowest BCUT2D eigenvalue weighted by Crippen LogP contribution is -2.35. The Morgan fingerprint density at radius 3 is 2.52 bits per heavy atom. The van der Waals surface area contributed by atoms with Crippen molar-refractivity contribution in [1.29, 1.82) is 0 Å². The fourth-order valence-electron chi connectivity index (χ4n) is 3.95. The SMILES string of the molecule is Fc1ccc(C23CCN(Cc4ccccc4)CC2C3)cc1. The van der Waals surface area contributed by atoms with Gasteiger partial charge >= 0.3 is 0 Å². The highest BCUT2D eigenvalue weighted by Gasteiger charge is 2.57. The van der Waals surface area contributed by atoms with E-state index in [9.17, 15) is 4.39 Å². The Hall–Kier alpha value is -1.67. The Kier molecular flexibility index (Phi) is 3.07. The van der Waals surface area contributed by atoms with Crippen molar-refractivity contribution in [2.45, 2.75) is 24.8 Å². The van der Waals surface area contributed by atoms with E-state index < -0.39 is 0 Å². The molecule has 2 aliphatic rings. The highest BCUT2D eigenvalue weighted by molar-refractivity contribution is 5.35. The number of rotatable bonds is 3. The van der Waals surface area contributed by atoms with E-state index in [0.29, 0.717) is 5.41 Å². The third-order valence-electron chi connectivity index (χ3n) is 5.25. The van der Waals surface area contributed by atoms with Gasteiger partial charge < -0.3 is 0 Å². The van der Waals surface area contributed by atoms with Gasteiger partial charge in [0.15, 0.2) is 0 Å². The van der Waals surface area contributed by atoms with Crippen LogP contribution in [-0.4, -0.2) is 18.0 Å². The van der Waals surface area contributed by atoms with Gasteiger partial charge in [0, 0.05) is 18.5 Å². The van der Waals surface area contributed by atoms with Crippen LogP contribution in [0.25, 0.3) is 0 Å². The van der Waals surface area contributed by atoms with Gasteiger partial charge in [0.05, 0.1) is 0 Å². The number of nitrogens with zero attached hydrogens (tertiary/aromatic N) is 1. The third kappa shape index (κ3) is 2.38. The molecule has 1 aliphatic carbocycles. The summed E-state index contributed by atoms with van der Waals surface area (Å²) in [5, 5.41) is 0. The van der Waals surface area contributed by atoms with Crippen molar-refractivity contribution >= 4 is 0 Å². The first kappa shape index (κ1) is 13.0. The average molecular weight is 281 g/mol. The summed E-state index contributed by atoms with van der Waals surface area (Å²) < 4.78 is 13.1. The molecule has 1 heterocycles. The van der Waals surface area contributed by atoms with E-state index in [0.717, 1.165) is 19.0 Å². The minimum absolute atomic E-state index is 0.131. The molecule has 0 radical (unpaired) electrons. The smallest absolute Gasteiger partial charge is 0.123 e. The van der Waals surface area contributed by atoms with Gasteiger partial charge in [0.25, 0.3) is 0 Å². The van der Waals surface area contributed by atoms with Crippen LogP contribution in [0, 0.1) is 11.7 Å². The van der Waals surface area contributed by atoms with Crippen LogP contribution in [-0.2, 0) is 12.0 Å². The van der Waals surface area contributed by atoms with Crippen molar-refractivity contribution in [2.75, 3.05) is 13.1 Å². The second kappa shape index (κ2) is 4.96. The molecule has 1 saturated heterocycles. The van der Waals surface area contributed by atoms with Gasteiger partial charge in [-0.25, -0.2) is 4.39 Å². The van der Waals surface area contributed by atoms with Crippen molar-refractivity contribution in [3.8, 4) is 0 Å².